The largest absolute Gasteiger partial charge is 0.493 e. The van der Waals surface area contributed by atoms with Crippen LogP contribution >= 0.6 is 0 Å². The molecule has 3 N–H and O–H groups in total. The Morgan fingerprint density at radius 2 is 1.81 bits per heavy atom. The number of nitrogens with zero attached hydrogens (tertiary/aromatic N) is 1. The first-order chi connectivity index (χ1) is 10.1. The van der Waals surface area contributed by atoms with E-state index in [4.69, 9.17) is 15.2 Å². The number of hydrogen-bond donors (Lipinski definition) is 2. The molecule has 1 atom stereocenters. The van der Waals surface area contributed by atoms with Gasteiger partial charge in [-0.15, -0.1) is 0 Å². The Morgan fingerprint density at radius 1 is 1.24 bits per heavy atom. The highest BCUT2D eigenvalue weighted by atomic mass is 16.5. The van der Waals surface area contributed by atoms with E-state index in [-0.39, 0.29) is 11.9 Å². The van der Waals surface area contributed by atoms with Crippen molar-refractivity contribution in [3.63, 3.8) is 0 Å². The molecule has 0 saturated carbocycles. The van der Waals surface area contributed by atoms with Crippen LogP contribution in [-0.2, 0) is 4.79 Å². The highest BCUT2D eigenvalue weighted by molar-refractivity contribution is 5.86. The molecule has 1 amide bonds. The molecule has 0 aliphatic carbocycles. The Kier molecular flexibility index (Phi) is 4.77. The monoisotopic (exact) mass is 293 g/mol. The summed E-state index contributed by atoms with van der Waals surface area (Å²) in [5.74, 6) is 1.25. The molecule has 21 heavy (non-hydrogen) atoms. The topological polar surface area (TPSA) is 76.8 Å². The minimum absolute atomic E-state index is 0.0988. The van der Waals surface area contributed by atoms with Crippen LogP contribution in [0.15, 0.2) is 12.1 Å². The number of hydrogen-bond acceptors (Lipinski definition) is 5. The van der Waals surface area contributed by atoms with Gasteiger partial charge in [-0.2, -0.15) is 0 Å². The molecule has 2 rings (SSSR count). The molecule has 0 bridgehead atoms. The summed E-state index contributed by atoms with van der Waals surface area (Å²) in [5, 5.41) is 3.16. The van der Waals surface area contributed by atoms with Crippen molar-refractivity contribution in [1.29, 1.82) is 0 Å². The van der Waals surface area contributed by atoms with Crippen molar-refractivity contribution in [2.24, 2.45) is 0 Å². The Hall–Kier alpha value is -2.11. The van der Waals surface area contributed by atoms with Gasteiger partial charge >= 0.3 is 0 Å². The molecular weight excluding hydrogens is 270 g/mol. The highest BCUT2D eigenvalue weighted by Gasteiger charge is 2.23. The van der Waals surface area contributed by atoms with Crippen molar-refractivity contribution >= 4 is 17.3 Å². The second-order valence-electron chi connectivity index (χ2n) is 5.19. The summed E-state index contributed by atoms with van der Waals surface area (Å²) < 4.78 is 10.5. The van der Waals surface area contributed by atoms with E-state index < -0.39 is 0 Å². The molecule has 6 nitrogen and oxygen atoms in total. The molecule has 0 aromatic heterocycles. The van der Waals surface area contributed by atoms with Crippen LogP contribution in [0.3, 0.4) is 0 Å². The van der Waals surface area contributed by atoms with E-state index in [9.17, 15) is 4.79 Å². The number of carbonyl (C=O) groups excluding carboxylic acids is 1. The molecule has 1 aromatic rings. The Labute approximate surface area is 125 Å². The van der Waals surface area contributed by atoms with Crippen LogP contribution in [0, 0.1) is 0 Å². The number of nitrogens with one attached hydrogen (secondary N) is 1. The summed E-state index contributed by atoms with van der Waals surface area (Å²) in [6.45, 7) is 3.52. The molecule has 116 valence electrons. The van der Waals surface area contributed by atoms with Gasteiger partial charge in [0.2, 0.25) is 5.91 Å². The Morgan fingerprint density at radius 3 is 2.38 bits per heavy atom. The van der Waals surface area contributed by atoms with Gasteiger partial charge in [-0.25, -0.2) is 0 Å². The smallest absolute Gasteiger partial charge is 0.244 e. The first kappa shape index (κ1) is 15.3. The molecule has 1 aliphatic heterocycles. The zero-order valence-corrected chi connectivity index (χ0v) is 12.8. The van der Waals surface area contributed by atoms with E-state index in [0.29, 0.717) is 22.9 Å². The maximum Gasteiger partial charge on any atom is 0.244 e. The third kappa shape index (κ3) is 3.32. The number of benzene rings is 1. The fourth-order valence-electron chi connectivity index (χ4n) is 2.53. The van der Waals surface area contributed by atoms with Gasteiger partial charge in [0, 0.05) is 25.2 Å². The van der Waals surface area contributed by atoms with Gasteiger partial charge in [0.1, 0.15) is 6.04 Å². The first-order valence-corrected chi connectivity index (χ1v) is 7.13. The zero-order chi connectivity index (χ0) is 15.4. The summed E-state index contributed by atoms with van der Waals surface area (Å²) in [7, 11) is 3.13. The predicted octanol–water partition coefficient (Wildman–Crippen LogP) is 1.71. The van der Waals surface area contributed by atoms with Crippen molar-refractivity contribution in [3.8, 4) is 11.5 Å². The zero-order valence-electron chi connectivity index (χ0n) is 12.8. The van der Waals surface area contributed by atoms with E-state index in [0.717, 1.165) is 25.9 Å². The van der Waals surface area contributed by atoms with Crippen molar-refractivity contribution in [2.45, 2.75) is 25.8 Å². The van der Waals surface area contributed by atoms with E-state index in [1.54, 1.807) is 26.4 Å². The minimum Gasteiger partial charge on any atom is -0.493 e. The third-order valence-electron chi connectivity index (χ3n) is 3.72. The van der Waals surface area contributed by atoms with E-state index in [1.807, 2.05) is 11.8 Å². The number of nitrogens with two attached hydrogens (primary N) is 1. The third-order valence-corrected chi connectivity index (χ3v) is 3.72. The van der Waals surface area contributed by atoms with Gasteiger partial charge in [-0.1, -0.05) is 0 Å². The summed E-state index contributed by atoms with van der Waals surface area (Å²) >= 11 is 0. The van der Waals surface area contributed by atoms with Crippen LogP contribution in [0.5, 0.6) is 11.5 Å². The molecule has 1 unspecified atom stereocenters. The molecule has 1 heterocycles. The van der Waals surface area contributed by atoms with Gasteiger partial charge in [0.05, 0.1) is 25.6 Å². The Balaban J connectivity index is 2.12. The molecule has 1 aliphatic rings. The summed E-state index contributed by atoms with van der Waals surface area (Å²) in [4.78, 5) is 14.2. The van der Waals surface area contributed by atoms with Crippen LogP contribution in [0.4, 0.5) is 11.4 Å². The van der Waals surface area contributed by atoms with Crippen molar-refractivity contribution < 1.29 is 14.3 Å². The maximum atomic E-state index is 12.3. The quantitative estimate of drug-likeness (QED) is 0.808. The minimum atomic E-state index is -0.330. The lowest BCUT2D eigenvalue weighted by atomic mass is 10.2. The maximum absolute atomic E-state index is 12.3. The second-order valence-corrected chi connectivity index (χ2v) is 5.19. The number of rotatable bonds is 5. The fourth-order valence-corrected chi connectivity index (χ4v) is 2.53. The highest BCUT2D eigenvalue weighted by Crippen LogP contribution is 2.35. The van der Waals surface area contributed by atoms with Gasteiger partial charge in [0.25, 0.3) is 0 Å². The molecule has 1 saturated heterocycles. The normalized spacial score (nSPS) is 15.7. The summed E-state index contributed by atoms with van der Waals surface area (Å²) in [6, 6.07) is 3.11. The van der Waals surface area contributed by atoms with Crippen molar-refractivity contribution in [2.75, 3.05) is 38.4 Å². The molecule has 0 spiro atoms. The van der Waals surface area contributed by atoms with Gasteiger partial charge < -0.3 is 25.4 Å². The fraction of sp³-hybridized carbons (Fsp3) is 0.533. The molecule has 0 radical (unpaired) electrons. The van der Waals surface area contributed by atoms with Crippen LogP contribution in [-0.4, -0.2) is 44.2 Å². The number of likely N-dealkylation sites (tertiary alicyclic amines) is 1. The molecule has 1 fully saturated rings. The van der Waals surface area contributed by atoms with E-state index in [1.165, 1.54) is 0 Å². The standard InChI is InChI=1S/C15H23N3O3/c1-10(15(19)18-6-4-5-7-18)17-12-9-14(21-3)13(20-2)8-11(12)16/h8-10,17H,4-7,16H2,1-3H3. The summed E-state index contributed by atoms with van der Waals surface area (Å²) in [5.41, 5.74) is 7.20. The second kappa shape index (κ2) is 6.56. The average Bonchev–Trinajstić information content (AvgIpc) is 3.02. The van der Waals surface area contributed by atoms with Crippen molar-refractivity contribution in [1.82, 2.24) is 4.90 Å². The number of anilines is 2. The number of methoxy groups -OCH3 is 2. The number of carbonyl (C=O) groups is 1. The van der Waals surface area contributed by atoms with Crippen molar-refractivity contribution in [3.05, 3.63) is 12.1 Å². The lowest BCUT2D eigenvalue weighted by Gasteiger charge is -2.23. The number of ether oxygens (including phenoxy) is 2. The Bertz CT molecular complexity index is 513. The summed E-state index contributed by atoms with van der Waals surface area (Å²) in [6.07, 6.45) is 2.16. The molecule has 6 heteroatoms. The lowest BCUT2D eigenvalue weighted by Crippen LogP contribution is -2.39. The number of amides is 1. The van der Waals surface area contributed by atoms with Crippen LogP contribution in [0.2, 0.25) is 0 Å². The van der Waals surface area contributed by atoms with Crippen LogP contribution < -0.4 is 20.5 Å². The van der Waals surface area contributed by atoms with Gasteiger partial charge in [-0.3, -0.25) is 4.79 Å². The van der Waals surface area contributed by atoms with Crippen LogP contribution in [0.25, 0.3) is 0 Å². The van der Waals surface area contributed by atoms with Gasteiger partial charge in [0.15, 0.2) is 11.5 Å². The van der Waals surface area contributed by atoms with E-state index in [2.05, 4.69) is 5.32 Å². The SMILES string of the molecule is COc1cc(N)c(NC(C)C(=O)N2CCCC2)cc1OC. The van der Waals surface area contributed by atoms with Gasteiger partial charge in [-0.05, 0) is 19.8 Å². The molecule has 1 aromatic carbocycles. The molecular formula is C15H23N3O3. The van der Waals surface area contributed by atoms with Crippen LogP contribution in [0.1, 0.15) is 19.8 Å². The van der Waals surface area contributed by atoms with E-state index >= 15 is 0 Å². The lowest BCUT2D eigenvalue weighted by molar-refractivity contribution is -0.130. The average molecular weight is 293 g/mol. The first-order valence-electron chi connectivity index (χ1n) is 7.13. The predicted molar refractivity (Wildman–Crippen MR) is 82.9 cm³/mol. The number of nitrogen functional groups attached to an aromatic ring is 1.